The summed E-state index contributed by atoms with van der Waals surface area (Å²) in [4.78, 5) is 28.1. The summed E-state index contributed by atoms with van der Waals surface area (Å²) < 4.78 is 24.5. The Morgan fingerprint density at radius 1 is 0.949 bits per heavy atom. The lowest BCUT2D eigenvalue weighted by Gasteiger charge is -2.30. The minimum Gasteiger partial charge on any atom is -0.379 e. The molecule has 1 aliphatic carbocycles. The van der Waals surface area contributed by atoms with Crippen LogP contribution in [0.5, 0.6) is 0 Å². The number of ether oxygens (including phenoxy) is 2. The first-order valence-electron chi connectivity index (χ1n) is 13.7. The van der Waals surface area contributed by atoms with Gasteiger partial charge in [-0.05, 0) is 72.1 Å². The van der Waals surface area contributed by atoms with Crippen molar-refractivity contribution in [2.75, 3.05) is 39.5 Å². The average Bonchev–Trinajstić information content (AvgIpc) is 3.77. The second kappa shape index (κ2) is 13.0. The average molecular weight is 531 g/mol. The maximum absolute atomic E-state index is 13.3. The molecule has 1 saturated heterocycles. The van der Waals surface area contributed by atoms with Crippen molar-refractivity contribution in [2.45, 2.75) is 31.2 Å². The number of hydrogen-bond donors (Lipinski definition) is 1. The summed E-state index contributed by atoms with van der Waals surface area (Å²) in [5, 5.41) is 2.91. The van der Waals surface area contributed by atoms with Crippen LogP contribution in [0.4, 0.5) is 4.39 Å². The van der Waals surface area contributed by atoms with E-state index >= 15 is 0 Å². The summed E-state index contributed by atoms with van der Waals surface area (Å²) in [6, 6.07) is 23.4. The molecule has 3 aromatic rings. The van der Waals surface area contributed by atoms with Crippen LogP contribution in [0, 0.1) is 11.7 Å². The van der Waals surface area contributed by atoms with Gasteiger partial charge in [0.25, 0.3) is 5.91 Å². The molecule has 0 spiro atoms. The van der Waals surface area contributed by atoms with E-state index < -0.39 is 6.04 Å². The Morgan fingerprint density at radius 2 is 1.64 bits per heavy atom. The maximum Gasteiger partial charge on any atom is 0.251 e. The molecule has 39 heavy (non-hydrogen) atoms. The lowest BCUT2D eigenvalue weighted by Crippen LogP contribution is -2.53. The van der Waals surface area contributed by atoms with Crippen LogP contribution in [-0.2, 0) is 14.3 Å². The van der Waals surface area contributed by atoms with E-state index in [1.165, 1.54) is 17.7 Å². The third-order valence-corrected chi connectivity index (χ3v) is 7.55. The van der Waals surface area contributed by atoms with Crippen molar-refractivity contribution >= 4 is 11.8 Å². The van der Waals surface area contributed by atoms with Gasteiger partial charge in [0.1, 0.15) is 11.9 Å². The minimum absolute atomic E-state index is 0.121. The second-order valence-corrected chi connectivity index (χ2v) is 10.3. The fourth-order valence-electron chi connectivity index (χ4n) is 5.20. The van der Waals surface area contributed by atoms with Crippen molar-refractivity contribution in [3.63, 3.8) is 0 Å². The number of rotatable bonds is 11. The van der Waals surface area contributed by atoms with Crippen LogP contribution in [0.1, 0.15) is 41.1 Å². The molecule has 2 amide bonds. The van der Waals surface area contributed by atoms with Crippen molar-refractivity contribution in [1.82, 2.24) is 10.2 Å². The first-order valence-corrected chi connectivity index (χ1v) is 13.7. The zero-order chi connectivity index (χ0) is 27.0. The molecule has 0 aromatic heterocycles. The number of morpholine rings is 1. The molecule has 2 fully saturated rings. The zero-order valence-corrected chi connectivity index (χ0v) is 22.1. The molecule has 6 nitrogen and oxygen atoms in total. The van der Waals surface area contributed by atoms with Crippen LogP contribution >= 0.6 is 0 Å². The van der Waals surface area contributed by atoms with Crippen LogP contribution in [0.15, 0.2) is 78.9 Å². The first-order chi connectivity index (χ1) is 19.1. The number of benzene rings is 3. The Balaban J connectivity index is 1.13. The quantitative estimate of drug-likeness (QED) is 0.353. The Morgan fingerprint density at radius 3 is 2.36 bits per heavy atom. The molecule has 1 aliphatic heterocycles. The third-order valence-electron chi connectivity index (χ3n) is 7.55. The van der Waals surface area contributed by atoms with Gasteiger partial charge in [0.2, 0.25) is 5.91 Å². The van der Waals surface area contributed by atoms with Crippen molar-refractivity contribution in [3.05, 3.63) is 95.8 Å². The standard InChI is InChI=1S/C32H35FN2O4/c33-28-14-12-25(13-15-28)29-21-27(29)7-4-18-39-22-30(32(37)35-16-19-38-20-17-35)34-31(36)26-10-8-24(9-11-26)23-5-2-1-3-6-23/h1-3,5-6,8-15,27,29-30H,4,7,16-22H2,(H,34,36)/t27?,29-,30-/m0/s1. The lowest BCUT2D eigenvalue weighted by atomic mass is 10.0. The fraction of sp³-hybridized carbons (Fsp3) is 0.375. The van der Waals surface area contributed by atoms with Gasteiger partial charge in [0.05, 0.1) is 19.8 Å². The number of carbonyl (C=O) groups excluding carboxylic acids is 2. The van der Waals surface area contributed by atoms with Gasteiger partial charge in [-0.15, -0.1) is 0 Å². The van der Waals surface area contributed by atoms with E-state index in [2.05, 4.69) is 5.32 Å². The highest BCUT2D eigenvalue weighted by molar-refractivity contribution is 5.98. The number of hydrogen-bond acceptors (Lipinski definition) is 4. The Bertz CT molecular complexity index is 1230. The SMILES string of the molecule is O=C(N[C@@H](COCCCC1C[C@H]1c1ccc(F)cc1)C(=O)N1CCOCC1)c1ccc(-c2ccccc2)cc1. The lowest BCUT2D eigenvalue weighted by molar-refractivity contribution is -0.138. The summed E-state index contributed by atoms with van der Waals surface area (Å²) in [6.45, 7) is 2.62. The third kappa shape index (κ3) is 7.31. The molecule has 3 aromatic carbocycles. The first kappa shape index (κ1) is 27.0. The van der Waals surface area contributed by atoms with Crippen LogP contribution in [0.2, 0.25) is 0 Å². The Hall–Kier alpha value is -3.55. The molecule has 2 aliphatic rings. The highest BCUT2D eigenvalue weighted by Gasteiger charge is 2.37. The maximum atomic E-state index is 13.3. The second-order valence-electron chi connectivity index (χ2n) is 10.3. The van der Waals surface area contributed by atoms with Crippen molar-refractivity contribution in [1.29, 1.82) is 0 Å². The number of halogens is 1. The number of nitrogens with zero attached hydrogens (tertiary/aromatic N) is 1. The number of amides is 2. The van der Waals surface area contributed by atoms with Gasteiger partial charge < -0.3 is 19.7 Å². The van der Waals surface area contributed by atoms with Crippen LogP contribution < -0.4 is 5.32 Å². The van der Waals surface area contributed by atoms with Crippen molar-refractivity contribution < 1.29 is 23.5 Å². The van der Waals surface area contributed by atoms with Gasteiger partial charge in [-0.1, -0.05) is 54.6 Å². The fourth-order valence-corrected chi connectivity index (χ4v) is 5.20. The van der Waals surface area contributed by atoms with Crippen LogP contribution in [-0.4, -0.2) is 62.3 Å². The van der Waals surface area contributed by atoms with E-state index in [0.29, 0.717) is 50.3 Å². The molecule has 1 heterocycles. The Kier molecular flexibility index (Phi) is 9.01. The van der Waals surface area contributed by atoms with Crippen molar-refractivity contribution in [3.8, 4) is 11.1 Å². The molecular weight excluding hydrogens is 495 g/mol. The monoisotopic (exact) mass is 530 g/mol. The summed E-state index contributed by atoms with van der Waals surface area (Å²) in [5.41, 5.74) is 3.79. The van der Waals surface area contributed by atoms with Gasteiger partial charge in [-0.25, -0.2) is 4.39 Å². The summed E-state index contributed by atoms with van der Waals surface area (Å²) in [5.74, 6) is 0.426. The molecule has 3 atom stereocenters. The van der Waals surface area contributed by atoms with Gasteiger partial charge >= 0.3 is 0 Å². The van der Waals surface area contributed by atoms with Gasteiger partial charge in [0.15, 0.2) is 0 Å². The molecule has 0 bridgehead atoms. The van der Waals surface area contributed by atoms with E-state index in [9.17, 15) is 14.0 Å². The number of carbonyl (C=O) groups is 2. The van der Waals surface area contributed by atoms with Crippen LogP contribution in [0.3, 0.4) is 0 Å². The predicted molar refractivity (Wildman–Crippen MR) is 148 cm³/mol. The van der Waals surface area contributed by atoms with Gasteiger partial charge in [-0.3, -0.25) is 9.59 Å². The Labute approximate surface area is 229 Å². The van der Waals surface area contributed by atoms with E-state index in [1.807, 2.05) is 54.6 Å². The molecule has 204 valence electrons. The summed E-state index contributed by atoms with van der Waals surface area (Å²) >= 11 is 0. The van der Waals surface area contributed by atoms with Crippen molar-refractivity contribution in [2.24, 2.45) is 5.92 Å². The number of nitrogens with one attached hydrogen (secondary N) is 1. The van der Waals surface area contributed by atoms with E-state index in [-0.39, 0.29) is 24.2 Å². The topological polar surface area (TPSA) is 67.9 Å². The molecule has 0 radical (unpaired) electrons. The van der Waals surface area contributed by atoms with E-state index in [0.717, 1.165) is 30.4 Å². The van der Waals surface area contributed by atoms with Gasteiger partial charge in [0, 0.05) is 25.3 Å². The molecule has 1 N–H and O–H groups in total. The molecule has 5 rings (SSSR count). The minimum atomic E-state index is -0.766. The zero-order valence-electron chi connectivity index (χ0n) is 22.1. The predicted octanol–water partition coefficient (Wildman–Crippen LogP) is 5.05. The smallest absolute Gasteiger partial charge is 0.251 e. The highest BCUT2D eigenvalue weighted by atomic mass is 19.1. The normalized spacial score (nSPS) is 19.4. The van der Waals surface area contributed by atoms with E-state index in [1.54, 1.807) is 17.0 Å². The largest absolute Gasteiger partial charge is 0.379 e. The van der Waals surface area contributed by atoms with E-state index in [4.69, 9.17) is 9.47 Å². The molecule has 7 heteroatoms. The van der Waals surface area contributed by atoms with Crippen LogP contribution in [0.25, 0.3) is 11.1 Å². The highest BCUT2D eigenvalue weighted by Crippen LogP contribution is 2.50. The summed E-state index contributed by atoms with van der Waals surface area (Å²) in [6.07, 6.45) is 3.00. The molecule has 1 saturated carbocycles. The molecule has 1 unspecified atom stereocenters. The molecular formula is C32H35FN2O4. The summed E-state index contributed by atoms with van der Waals surface area (Å²) in [7, 11) is 0. The van der Waals surface area contributed by atoms with Gasteiger partial charge in [-0.2, -0.15) is 0 Å².